The Morgan fingerprint density at radius 3 is 2.07 bits per heavy atom. The number of hydrogen-bond donors (Lipinski definition) is 0. The van der Waals surface area contributed by atoms with Gasteiger partial charge in [0.15, 0.2) is 0 Å². The number of rotatable bonds is 3. The van der Waals surface area contributed by atoms with Crippen LogP contribution in [0.1, 0.15) is 0 Å². The molecule has 0 aromatic carbocycles. The third kappa shape index (κ3) is 4.67. The van der Waals surface area contributed by atoms with E-state index in [1.165, 1.54) is 0 Å². The molecule has 0 N–H and O–H groups in total. The van der Waals surface area contributed by atoms with Crippen LogP contribution in [0.3, 0.4) is 0 Å². The van der Waals surface area contributed by atoms with Gasteiger partial charge in [0.25, 0.3) is 0 Å². The van der Waals surface area contributed by atoms with Crippen molar-refractivity contribution in [2.24, 2.45) is 4.99 Å². The van der Waals surface area contributed by atoms with Crippen molar-refractivity contribution in [3.05, 3.63) is 0 Å². The van der Waals surface area contributed by atoms with Crippen LogP contribution in [0.2, 0.25) is 0 Å². The molecule has 0 radical (unpaired) electrons. The minimum absolute atomic E-state index is 0.689. The number of nitrogens with zero attached hydrogens (tertiary/aromatic N) is 5. The molecule has 5 nitrogen and oxygen atoms in total. The first-order valence-corrected chi connectivity index (χ1v) is 4.49. The highest BCUT2D eigenvalue weighted by atomic mass is 15.3. The summed E-state index contributed by atoms with van der Waals surface area (Å²) in [5.41, 5.74) is 0. The number of aliphatic imine (C=N–C) groups is 1. The summed E-state index contributed by atoms with van der Waals surface area (Å²) in [6, 6.07) is 0. The van der Waals surface area contributed by atoms with Gasteiger partial charge in [0.05, 0.1) is 0 Å². The molecule has 0 saturated heterocycles. The van der Waals surface area contributed by atoms with Gasteiger partial charge in [-0.2, -0.15) is 5.26 Å². The molecule has 0 spiro atoms. The van der Waals surface area contributed by atoms with Crippen molar-refractivity contribution in [2.75, 3.05) is 48.3 Å². The Morgan fingerprint density at radius 2 is 1.71 bits per heavy atom. The zero-order valence-corrected chi connectivity index (χ0v) is 9.65. The molecular formula is C9H19N5. The first kappa shape index (κ1) is 12.7. The van der Waals surface area contributed by atoms with Crippen molar-refractivity contribution in [3.63, 3.8) is 0 Å². The summed E-state index contributed by atoms with van der Waals surface area (Å²) in [6.45, 7) is 1.79. The van der Waals surface area contributed by atoms with Crippen LogP contribution in [0.15, 0.2) is 4.99 Å². The van der Waals surface area contributed by atoms with Gasteiger partial charge in [-0.15, -0.1) is 4.99 Å². The molecule has 0 unspecified atom stereocenters. The van der Waals surface area contributed by atoms with Gasteiger partial charge in [-0.3, -0.25) is 0 Å². The van der Waals surface area contributed by atoms with E-state index in [4.69, 9.17) is 5.26 Å². The Bertz CT molecular complexity index is 226. The minimum Gasteiger partial charge on any atom is -0.348 e. The van der Waals surface area contributed by atoms with Crippen LogP contribution in [-0.2, 0) is 0 Å². The van der Waals surface area contributed by atoms with Crippen LogP contribution in [0.4, 0.5) is 0 Å². The molecule has 0 amide bonds. The summed E-state index contributed by atoms with van der Waals surface area (Å²) >= 11 is 0. The summed E-state index contributed by atoms with van der Waals surface area (Å²) in [6.07, 6.45) is 1.81. The van der Waals surface area contributed by atoms with Gasteiger partial charge < -0.3 is 14.7 Å². The monoisotopic (exact) mass is 197 g/mol. The molecule has 0 saturated carbocycles. The Hall–Kier alpha value is -1.28. The van der Waals surface area contributed by atoms with E-state index >= 15 is 0 Å². The van der Waals surface area contributed by atoms with Gasteiger partial charge in [-0.25, -0.2) is 0 Å². The Labute approximate surface area is 86.2 Å². The lowest BCUT2D eigenvalue weighted by Gasteiger charge is -2.26. The zero-order chi connectivity index (χ0) is 11.1. The summed E-state index contributed by atoms with van der Waals surface area (Å²) in [4.78, 5) is 9.64. The van der Waals surface area contributed by atoms with E-state index in [9.17, 15) is 0 Å². The van der Waals surface area contributed by atoms with Gasteiger partial charge in [-0.1, -0.05) is 0 Å². The molecule has 0 heterocycles. The third-order valence-electron chi connectivity index (χ3n) is 1.77. The average Bonchev–Trinajstić information content (AvgIpc) is 2.09. The minimum atomic E-state index is 0.689. The largest absolute Gasteiger partial charge is 0.348 e. The predicted octanol–water partition coefficient (Wildman–Crippen LogP) is -0.122. The SMILES string of the molecule is CN(C)CCN(C)C(=NC#N)N(C)C. The van der Waals surface area contributed by atoms with Crippen molar-refractivity contribution in [2.45, 2.75) is 0 Å². The van der Waals surface area contributed by atoms with E-state index in [0.717, 1.165) is 13.1 Å². The van der Waals surface area contributed by atoms with Crippen LogP contribution in [0.5, 0.6) is 0 Å². The maximum Gasteiger partial charge on any atom is 0.211 e. The van der Waals surface area contributed by atoms with Gasteiger partial charge in [-0.05, 0) is 14.1 Å². The standard InChI is InChI=1S/C9H19N5/c1-12(2)6-7-14(5)9(11-8-10)13(3)4/h6-7H2,1-5H3. The van der Waals surface area contributed by atoms with E-state index in [0.29, 0.717) is 5.96 Å². The van der Waals surface area contributed by atoms with Crippen LogP contribution in [0.25, 0.3) is 0 Å². The lowest BCUT2D eigenvalue weighted by atomic mass is 10.5. The highest BCUT2D eigenvalue weighted by molar-refractivity contribution is 5.80. The van der Waals surface area contributed by atoms with Gasteiger partial charge in [0.2, 0.25) is 12.2 Å². The van der Waals surface area contributed by atoms with E-state index in [1.54, 1.807) is 0 Å². The summed E-state index contributed by atoms with van der Waals surface area (Å²) in [7, 11) is 9.72. The van der Waals surface area contributed by atoms with E-state index in [2.05, 4.69) is 9.89 Å². The van der Waals surface area contributed by atoms with Crippen LogP contribution < -0.4 is 0 Å². The fourth-order valence-electron chi connectivity index (χ4n) is 1.02. The first-order chi connectivity index (χ1) is 6.49. The lowest BCUT2D eigenvalue weighted by molar-refractivity contribution is 0.338. The molecule has 0 rings (SSSR count). The molecule has 80 valence electrons. The second kappa shape index (κ2) is 6.22. The maximum absolute atomic E-state index is 8.51. The van der Waals surface area contributed by atoms with Crippen molar-refractivity contribution >= 4 is 5.96 Å². The second-order valence-corrected chi connectivity index (χ2v) is 3.63. The van der Waals surface area contributed by atoms with Crippen molar-refractivity contribution < 1.29 is 0 Å². The number of hydrogen-bond acceptors (Lipinski definition) is 3. The summed E-state index contributed by atoms with van der Waals surface area (Å²) in [5, 5.41) is 8.51. The van der Waals surface area contributed by atoms with E-state index in [1.807, 2.05) is 51.2 Å². The molecule has 0 aliphatic rings. The molecule has 0 aliphatic heterocycles. The predicted molar refractivity (Wildman–Crippen MR) is 57.9 cm³/mol. The van der Waals surface area contributed by atoms with Crippen LogP contribution in [-0.4, -0.2) is 69.0 Å². The van der Waals surface area contributed by atoms with Crippen LogP contribution >= 0.6 is 0 Å². The van der Waals surface area contributed by atoms with E-state index < -0.39 is 0 Å². The quantitative estimate of drug-likeness (QED) is 0.359. The Kier molecular flexibility index (Phi) is 5.65. The fraction of sp³-hybridized carbons (Fsp3) is 0.778. The van der Waals surface area contributed by atoms with Gasteiger partial charge in [0.1, 0.15) is 0 Å². The highest BCUT2D eigenvalue weighted by Gasteiger charge is 2.08. The molecule has 0 aromatic rings. The van der Waals surface area contributed by atoms with E-state index in [-0.39, 0.29) is 0 Å². The fourth-order valence-corrected chi connectivity index (χ4v) is 1.02. The number of guanidine groups is 1. The van der Waals surface area contributed by atoms with Crippen LogP contribution in [0, 0.1) is 11.5 Å². The number of nitriles is 1. The second-order valence-electron chi connectivity index (χ2n) is 3.63. The van der Waals surface area contributed by atoms with Gasteiger partial charge >= 0.3 is 0 Å². The smallest absolute Gasteiger partial charge is 0.211 e. The normalized spacial score (nSPS) is 11.4. The highest BCUT2D eigenvalue weighted by Crippen LogP contribution is 1.92. The Morgan fingerprint density at radius 1 is 1.14 bits per heavy atom. The molecule has 0 bridgehead atoms. The summed E-state index contributed by atoms with van der Waals surface area (Å²) < 4.78 is 0. The molecular weight excluding hydrogens is 178 g/mol. The Balaban J connectivity index is 4.25. The number of likely N-dealkylation sites (N-methyl/N-ethyl adjacent to an activating group) is 2. The summed E-state index contributed by atoms with van der Waals surface area (Å²) in [5.74, 6) is 0.689. The van der Waals surface area contributed by atoms with Crippen molar-refractivity contribution in [3.8, 4) is 6.19 Å². The first-order valence-electron chi connectivity index (χ1n) is 4.49. The average molecular weight is 197 g/mol. The topological polar surface area (TPSA) is 45.9 Å². The van der Waals surface area contributed by atoms with Gasteiger partial charge in [0, 0.05) is 34.2 Å². The molecule has 14 heavy (non-hydrogen) atoms. The molecule has 0 fully saturated rings. The lowest BCUT2D eigenvalue weighted by Crippen LogP contribution is -2.41. The van der Waals surface area contributed by atoms with Crippen molar-refractivity contribution in [1.82, 2.24) is 14.7 Å². The maximum atomic E-state index is 8.51. The van der Waals surface area contributed by atoms with Crippen molar-refractivity contribution in [1.29, 1.82) is 5.26 Å². The molecule has 0 aliphatic carbocycles. The zero-order valence-electron chi connectivity index (χ0n) is 9.65. The third-order valence-corrected chi connectivity index (χ3v) is 1.77. The molecule has 5 heteroatoms. The molecule has 0 aromatic heterocycles. The molecule has 0 atom stereocenters.